The minimum atomic E-state index is -3.92. The van der Waals surface area contributed by atoms with E-state index >= 15 is 0 Å². The summed E-state index contributed by atoms with van der Waals surface area (Å²) in [6.45, 7) is 3.95. The number of aliphatic hydroxyl groups is 1. The zero-order valence-electron chi connectivity index (χ0n) is 7.13. The van der Waals surface area contributed by atoms with Gasteiger partial charge in [-0.2, -0.15) is 8.42 Å². The van der Waals surface area contributed by atoms with E-state index in [0.29, 0.717) is 0 Å². The molecule has 0 heterocycles. The second-order valence-corrected chi connectivity index (χ2v) is 3.36. The van der Waals surface area contributed by atoms with Crippen molar-refractivity contribution in [2.24, 2.45) is 0 Å². The first-order valence-electron chi connectivity index (χ1n) is 3.17. The summed E-state index contributed by atoms with van der Waals surface area (Å²) in [7, 11) is -3.92. The highest BCUT2D eigenvalue weighted by molar-refractivity contribution is 7.85. The number of carbonyl (C=O) groups excluding carboxylic acids is 1. The second-order valence-electron chi connectivity index (χ2n) is 1.79. The lowest BCUT2D eigenvalue weighted by atomic mass is 10.8. The van der Waals surface area contributed by atoms with E-state index in [-0.39, 0.29) is 5.97 Å². The Balaban J connectivity index is 0. The highest BCUT2D eigenvalue weighted by Gasteiger charge is 1.99. The smallest absolute Gasteiger partial charge is 0.307 e. The van der Waals surface area contributed by atoms with Crippen molar-refractivity contribution in [2.45, 2.75) is 6.92 Å². The molecule has 0 spiro atoms. The molecular formula is C6H12O6S. The summed E-state index contributed by atoms with van der Waals surface area (Å²) in [4.78, 5) is 9.75. The summed E-state index contributed by atoms with van der Waals surface area (Å²) in [5.74, 6) is -0.905. The Morgan fingerprint density at radius 3 is 2.08 bits per heavy atom. The molecular weight excluding hydrogens is 200 g/mol. The molecule has 0 aromatic heterocycles. The van der Waals surface area contributed by atoms with Crippen LogP contribution < -0.4 is 0 Å². The Kier molecular flexibility index (Phi) is 8.66. The van der Waals surface area contributed by atoms with Gasteiger partial charge in [-0.3, -0.25) is 9.35 Å². The summed E-state index contributed by atoms with van der Waals surface area (Å²) in [6, 6.07) is 0. The Morgan fingerprint density at radius 1 is 1.62 bits per heavy atom. The minimum absolute atomic E-state index is 0.329. The lowest BCUT2D eigenvalue weighted by Crippen LogP contribution is -2.06. The number of carbonyl (C=O) groups is 1. The van der Waals surface area contributed by atoms with Gasteiger partial charge in [-0.05, 0) is 0 Å². The van der Waals surface area contributed by atoms with Gasteiger partial charge in [0.15, 0.2) is 0 Å². The van der Waals surface area contributed by atoms with E-state index in [9.17, 15) is 13.2 Å². The third-order valence-electron chi connectivity index (χ3n) is 0.599. The number of aliphatic hydroxyl groups excluding tert-OH is 1. The van der Waals surface area contributed by atoms with Crippen molar-refractivity contribution in [1.29, 1.82) is 0 Å². The predicted molar refractivity (Wildman–Crippen MR) is 45.5 cm³/mol. The number of rotatable bonds is 3. The molecule has 0 fully saturated rings. The van der Waals surface area contributed by atoms with Crippen molar-refractivity contribution >= 4 is 16.1 Å². The average molecular weight is 212 g/mol. The van der Waals surface area contributed by atoms with Crippen LogP contribution in [0.25, 0.3) is 0 Å². The molecule has 0 saturated heterocycles. The van der Waals surface area contributed by atoms with E-state index in [4.69, 9.17) is 9.66 Å². The summed E-state index contributed by atoms with van der Waals surface area (Å²) in [6.07, 6.45) is 1.10. The van der Waals surface area contributed by atoms with Gasteiger partial charge in [-0.15, -0.1) is 0 Å². The Morgan fingerprint density at radius 2 is 2.08 bits per heavy atom. The van der Waals surface area contributed by atoms with E-state index in [1.54, 1.807) is 0 Å². The van der Waals surface area contributed by atoms with Crippen LogP contribution in [0.4, 0.5) is 0 Å². The van der Waals surface area contributed by atoms with Crippen molar-refractivity contribution in [3.63, 3.8) is 0 Å². The fraction of sp³-hybridized carbons (Fsp3) is 0.500. The molecule has 2 N–H and O–H groups in total. The topological polar surface area (TPSA) is 101 Å². The van der Waals surface area contributed by atoms with Crippen LogP contribution in [-0.2, 0) is 19.6 Å². The monoisotopic (exact) mass is 212 g/mol. The summed E-state index contributed by atoms with van der Waals surface area (Å²) >= 11 is 0. The molecule has 0 bridgehead atoms. The third kappa shape index (κ3) is 24.7. The van der Waals surface area contributed by atoms with Crippen LogP contribution in [0.15, 0.2) is 12.8 Å². The maximum Gasteiger partial charge on any atom is 0.307 e. The van der Waals surface area contributed by atoms with E-state index in [1.165, 1.54) is 6.92 Å². The fourth-order valence-corrected chi connectivity index (χ4v) is 0.463. The highest BCUT2D eigenvalue weighted by Crippen LogP contribution is 1.76. The van der Waals surface area contributed by atoms with Crippen LogP contribution in [0.1, 0.15) is 6.92 Å². The molecule has 13 heavy (non-hydrogen) atoms. The molecule has 0 aromatic carbocycles. The van der Waals surface area contributed by atoms with Gasteiger partial charge in [-0.1, -0.05) is 6.58 Å². The van der Waals surface area contributed by atoms with E-state index < -0.39 is 22.5 Å². The molecule has 0 radical (unpaired) electrons. The molecule has 0 aliphatic heterocycles. The van der Waals surface area contributed by atoms with Gasteiger partial charge >= 0.3 is 5.97 Å². The first-order chi connectivity index (χ1) is 5.83. The van der Waals surface area contributed by atoms with E-state index in [2.05, 4.69) is 11.3 Å². The van der Waals surface area contributed by atoms with Gasteiger partial charge in [0.1, 0.15) is 0 Å². The molecule has 0 aliphatic rings. The molecule has 6 nitrogen and oxygen atoms in total. The van der Waals surface area contributed by atoms with Crippen molar-refractivity contribution in [3.8, 4) is 0 Å². The molecule has 0 saturated carbocycles. The zero-order valence-corrected chi connectivity index (χ0v) is 7.95. The SMILES string of the molecule is C=COC(C)=O.O=S(=O)(O)CCO. The molecule has 0 unspecified atom stereocenters. The molecule has 0 aromatic rings. The average Bonchev–Trinajstić information content (AvgIpc) is 1.84. The van der Waals surface area contributed by atoms with Crippen LogP contribution in [0, 0.1) is 0 Å². The largest absolute Gasteiger partial charge is 0.435 e. The first-order valence-corrected chi connectivity index (χ1v) is 4.78. The van der Waals surface area contributed by atoms with Crippen molar-refractivity contribution in [2.75, 3.05) is 12.4 Å². The summed E-state index contributed by atoms with van der Waals surface area (Å²) < 4.78 is 31.3. The molecule has 0 amide bonds. The maximum absolute atomic E-state index is 9.75. The standard InChI is InChI=1S/C4H6O2.C2H6O4S/c1-3-6-4(2)5;3-1-2-7(4,5)6/h3H,1H2,2H3;3H,1-2H2,(H,4,5,6). The predicted octanol–water partition coefficient (Wildman–Crippen LogP) is -0.441. The van der Waals surface area contributed by atoms with Gasteiger partial charge < -0.3 is 9.84 Å². The lowest BCUT2D eigenvalue weighted by molar-refractivity contribution is -0.135. The normalized spacial score (nSPS) is 9.46. The number of hydrogen-bond acceptors (Lipinski definition) is 5. The Bertz CT molecular complexity index is 242. The quantitative estimate of drug-likeness (QED) is 0.373. The van der Waals surface area contributed by atoms with Crippen molar-refractivity contribution in [1.82, 2.24) is 0 Å². The fourth-order valence-electron chi connectivity index (χ4n) is 0.233. The number of esters is 1. The van der Waals surface area contributed by atoms with Gasteiger partial charge in [0.25, 0.3) is 10.1 Å². The van der Waals surface area contributed by atoms with E-state index in [1.807, 2.05) is 0 Å². The molecule has 0 aliphatic carbocycles. The molecule has 0 rings (SSSR count). The first kappa shape index (κ1) is 14.6. The van der Waals surface area contributed by atoms with Crippen LogP contribution in [0.5, 0.6) is 0 Å². The maximum atomic E-state index is 9.75. The zero-order chi connectivity index (χ0) is 10.9. The molecule has 7 heteroatoms. The molecule has 0 atom stereocenters. The summed E-state index contributed by atoms with van der Waals surface area (Å²) in [5, 5.41) is 7.86. The van der Waals surface area contributed by atoms with Gasteiger partial charge in [-0.25, -0.2) is 0 Å². The van der Waals surface area contributed by atoms with Crippen LogP contribution in [0.3, 0.4) is 0 Å². The second kappa shape index (κ2) is 7.71. The highest BCUT2D eigenvalue weighted by atomic mass is 32.2. The van der Waals surface area contributed by atoms with Crippen molar-refractivity contribution in [3.05, 3.63) is 12.8 Å². The third-order valence-corrected chi connectivity index (χ3v) is 1.30. The van der Waals surface area contributed by atoms with Crippen LogP contribution in [0.2, 0.25) is 0 Å². The Hall–Kier alpha value is -0.920. The number of hydrogen-bond donors (Lipinski definition) is 2. The summed E-state index contributed by atoms with van der Waals surface area (Å²) in [5.41, 5.74) is 0. The van der Waals surface area contributed by atoms with E-state index in [0.717, 1.165) is 6.26 Å². The minimum Gasteiger partial charge on any atom is -0.435 e. The van der Waals surface area contributed by atoms with Crippen LogP contribution >= 0.6 is 0 Å². The van der Waals surface area contributed by atoms with Crippen molar-refractivity contribution < 1.29 is 27.6 Å². The van der Waals surface area contributed by atoms with Gasteiger partial charge in [0, 0.05) is 6.92 Å². The number of ether oxygens (including phenoxy) is 1. The molecule has 78 valence electrons. The lowest BCUT2D eigenvalue weighted by Gasteiger charge is -1.85. The Labute approximate surface area is 76.6 Å². The van der Waals surface area contributed by atoms with Gasteiger partial charge in [0.2, 0.25) is 0 Å². The van der Waals surface area contributed by atoms with Gasteiger partial charge in [0.05, 0.1) is 18.6 Å². The van der Waals surface area contributed by atoms with Crippen LogP contribution in [-0.4, -0.2) is 36.4 Å².